The summed E-state index contributed by atoms with van der Waals surface area (Å²) in [6.45, 7) is 6.31. The van der Waals surface area contributed by atoms with Crippen molar-refractivity contribution < 1.29 is 28.6 Å². The maximum Gasteiger partial charge on any atom is 0.306 e. The van der Waals surface area contributed by atoms with Gasteiger partial charge in [0.25, 0.3) is 0 Å². The molecule has 0 bridgehead atoms. The zero-order chi connectivity index (χ0) is 49.3. The number of unbranched alkanes of at least 4 members (excludes halogenated alkanes) is 23. The van der Waals surface area contributed by atoms with E-state index in [1.165, 1.54) is 103 Å². The fourth-order valence-electron chi connectivity index (χ4n) is 7.27. The summed E-state index contributed by atoms with van der Waals surface area (Å²) in [5.41, 5.74) is 0. The highest BCUT2D eigenvalue weighted by Crippen LogP contribution is 2.14. The molecule has 1 atom stereocenters. The second-order valence-corrected chi connectivity index (χ2v) is 17.9. The predicted octanol–water partition coefficient (Wildman–Crippen LogP) is 18.5. The van der Waals surface area contributed by atoms with Crippen LogP contribution in [0.15, 0.2) is 122 Å². The maximum atomic E-state index is 12.8. The van der Waals surface area contributed by atoms with Crippen molar-refractivity contribution in [2.75, 3.05) is 13.2 Å². The van der Waals surface area contributed by atoms with Gasteiger partial charge in [0.1, 0.15) is 13.2 Å². The summed E-state index contributed by atoms with van der Waals surface area (Å²) in [7, 11) is 0. The number of carbonyl (C=O) groups excluding carboxylic acids is 3. The van der Waals surface area contributed by atoms with Crippen molar-refractivity contribution in [3.8, 4) is 0 Å². The average molecular weight is 941 g/mol. The van der Waals surface area contributed by atoms with Crippen molar-refractivity contribution in [3.05, 3.63) is 122 Å². The Morgan fingerprint density at radius 3 is 1.09 bits per heavy atom. The third kappa shape index (κ3) is 52.8. The van der Waals surface area contributed by atoms with E-state index in [9.17, 15) is 14.4 Å². The molecule has 6 heteroatoms. The minimum Gasteiger partial charge on any atom is -0.462 e. The number of hydrogen-bond donors (Lipinski definition) is 0. The number of rotatable bonds is 48. The second kappa shape index (κ2) is 55.4. The molecule has 0 aliphatic rings. The summed E-state index contributed by atoms with van der Waals surface area (Å²) >= 11 is 0. The van der Waals surface area contributed by atoms with Gasteiger partial charge in [0, 0.05) is 19.3 Å². The van der Waals surface area contributed by atoms with Crippen LogP contribution < -0.4 is 0 Å². The highest BCUT2D eigenvalue weighted by atomic mass is 16.6. The predicted molar refractivity (Wildman–Crippen MR) is 293 cm³/mol. The Morgan fingerprint density at radius 1 is 0.324 bits per heavy atom. The molecule has 1 unspecified atom stereocenters. The molecule has 0 aliphatic carbocycles. The second-order valence-electron chi connectivity index (χ2n) is 17.9. The van der Waals surface area contributed by atoms with Crippen LogP contribution in [-0.4, -0.2) is 37.2 Å². The van der Waals surface area contributed by atoms with Gasteiger partial charge in [-0.25, -0.2) is 0 Å². The van der Waals surface area contributed by atoms with E-state index in [1.54, 1.807) is 0 Å². The molecule has 0 aromatic rings. The SMILES string of the molecule is CC\C=C/C=C\C=C/C=C\C=C\C=C/CCCCCC(=O)OC(COC(=O)CCCCCCCCC/C=C\C/C=C\CC)COC(=O)CCCCCCCCCCCC/C=C\C=C/CCCCC. The van der Waals surface area contributed by atoms with Crippen LogP contribution in [0.4, 0.5) is 0 Å². The molecule has 0 heterocycles. The molecule has 68 heavy (non-hydrogen) atoms. The Balaban J connectivity index is 4.49. The number of carbonyl (C=O) groups is 3. The van der Waals surface area contributed by atoms with Crippen molar-refractivity contribution in [1.29, 1.82) is 0 Å². The lowest BCUT2D eigenvalue weighted by molar-refractivity contribution is -0.167. The van der Waals surface area contributed by atoms with E-state index < -0.39 is 6.10 Å². The number of allylic oxidation sites excluding steroid dienone is 20. The Morgan fingerprint density at radius 2 is 0.647 bits per heavy atom. The molecule has 0 rings (SSSR count). The molecule has 0 amide bonds. The summed E-state index contributed by atoms with van der Waals surface area (Å²) in [6.07, 6.45) is 76.1. The lowest BCUT2D eigenvalue weighted by Crippen LogP contribution is -2.30. The van der Waals surface area contributed by atoms with Gasteiger partial charge in [0.15, 0.2) is 6.10 Å². The first-order valence-corrected chi connectivity index (χ1v) is 27.6. The lowest BCUT2D eigenvalue weighted by Gasteiger charge is -2.18. The third-order valence-electron chi connectivity index (χ3n) is 11.4. The molecule has 0 N–H and O–H groups in total. The van der Waals surface area contributed by atoms with E-state index in [0.29, 0.717) is 19.3 Å². The largest absolute Gasteiger partial charge is 0.462 e. The van der Waals surface area contributed by atoms with Gasteiger partial charge in [0.2, 0.25) is 0 Å². The summed E-state index contributed by atoms with van der Waals surface area (Å²) < 4.78 is 16.8. The Hall–Kier alpha value is -4.19. The molecule has 0 saturated carbocycles. The maximum absolute atomic E-state index is 12.8. The van der Waals surface area contributed by atoms with Crippen molar-refractivity contribution in [1.82, 2.24) is 0 Å². The van der Waals surface area contributed by atoms with Crippen LogP contribution in [0.3, 0.4) is 0 Å². The highest BCUT2D eigenvalue weighted by molar-refractivity contribution is 5.71. The van der Waals surface area contributed by atoms with Gasteiger partial charge in [-0.15, -0.1) is 0 Å². The standard InChI is InChI=1S/C62H100O6/c1-4-7-10-13-16-19-22-25-28-30-31-33-34-37-40-43-46-49-52-55-61(64)67-58-59(57-66-60(63)54-51-48-45-42-39-36-27-24-21-18-15-12-9-6-3)68-62(65)56-53-50-47-44-41-38-35-32-29-26-23-20-17-14-11-8-5-2/h8-9,11-12,14,16-23,25-26,29,32,35,38,41,59H,4-7,10,13,15,24,27-28,30-31,33-34,36-37,39-40,42-58H2,1-3H3/b11-8-,12-9-,17-14-,19-16-,21-18-,23-20-,25-22-,29-26-,35-32+,41-38-. The minimum atomic E-state index is -0.810. The quantitative estimate of drug-likeness (QED) is 0.0199. The topological polar surface area (TPSA) is 78.9 Å². The van der Waals surface area contributed by atoms with Crippen LogP contribution in [0.1, 0.15) is 233 Å². The van der Waals surface area contributed by atoms with E-state index in [-0.39, 0.29) is 37.5 Å². The molecule has 0 spiro atoms. The molecule has 0 radical (unpaired) electrons. The van der Waals surface area contributed by atoms with E-state index in [4.69, 9.17) is 14.2 Å². The Kier molecular flexibility index (Phi) is 52.0. The first-order chi connectivity index (χ1) is 33.5. The van der Waals surface area contributed by atoms with E-state index in [1.807, 2.05) is 60.8 Å². The van der Waals surface area contributed by atoms with Crippen LogP contribution in [0.2, 0.25) is 0 Å². The van der Waals surface area contributed by atoms with Crippen LogP contribution in [-0.2, 0) is 28.6 Å². The van der Waals surface area contributed by atoms with Crippen molar-refractivity contribution in [2.24, 2.45) is 0 Å². The first-order valence-electron chi connectivity index (χ1n) is 27.6. The van der Waals surface area contributed by atoms with Crippen molar-refractivity contribution in [2.45, 2.75) is 239 Å². The summed E-state index contributed by atoms with van der Waals surface area (Å²) in [4.78, 5) is 38.1. The van der Waals surface area contributed by atoms with Gasteiger partial charge < -0.3 is 14.2 Å². The minimum absolute atomic E-state index is 0.104. The fourth-order valence-corrected chi connectivity index (χ4v) is 7.27. The average Bonchev–Trinajstić information content (AvgIpc) is 3.34. The smallest absolute Gasteiger partial charge is 0.306 e. The molecule has 384 valence electrons. The van der Waals surface area contributed by atoms with E-state index in [2.05, 4.69) is 81.5 Å². The third-order valence-corrected chi connectivity index (χ3v) is 11.4. The Labute approximate surface area is 418 Å². The number of esters is 3. The summed E-state index contributed by atoms with van der Waals surface area (Å²) in [6, 6.07) is 0. The zero-order valence-corrected chi connectivity index (χ0v) is 43.8. The summed E-state index contributed by atoms with van der Waals surface area (Å²) in [5.74, 6) is -0.963. The molecule has 0 aliphatic heterocycles. The number of ether oxygens (including phenoxy) is 3. The van der Waals surface area contributed by atoms with Gasteiger partial charge in [0.05, 0.1) is 0 Å². The van der Waals surface area contributed by atoms with Crippen molar-refractivity contribution >= 4 is 17.9 Å². The van der Waals surface area contributed by atoms with E-state index >= 15 is 0 Å². The molecular weight excluding hydrogens is 841 g/mol. The van der Waals surface area contributed by atoms with Crippen LogP contribution in [0.25, 0.3) is 0 Å². The van der Waals surface area contributed by atoms with Crippen LogP contribution in [0, 0.1) is 0 Å². The Bertz CT molecular complexity index is 1450. The zero-order valence-electron chi connectivity index (χ0n) is 43.8. The summed E-state index contributed by atoms with van der Waals surface area (Å²) in [5, 5.41) is 0. The fraction of sp³-hybridized carbons (Fsp3) is 0.629. The van der Waals surface area contributed by atoms with Gasteiger partial charge in [-0.3, -0.25) is 14.4 Å². The lowest BCUT2D eigenvalue weighted by atomic mass is 10.1. The molecule has 0 fully saturated rings. The van der Waals surface area contributed by atoms with E-state index in [0.717, 1.165) is 83.5 Å². The first kappa shape index (κ1) is 63.8. The normalized spacial score (nSPS) is 13.0. The number of hydrogen-bond acceptors (Lipinski definition) is 6. The van der Waals surface area contributed by atoms with Crippen LogP contribution >= 0.6 is 0 Å². The van der Waals surface area contributed by atoms with Gasteiger partial charge >= 0.3 is 17.9 Å². The molecule has 0 saturated heterocycles. The van der Waals surface area contributed by atoms with Crippen molar-refractivity contribution in [3.63, 3.8) is 0 Å². The molecule has 0 aromatic carbocycles. The highest BCUT2D eigenvalue weighted by Gasteiger charge is 2.19. The molecule has 6 nitrogen and oxygen atoms in total. The van der Waals surface area contributed by atoms with Crippen LogP contribution in [0.5, 0.6) is 0 Å². The molecular formula is C62H100O6. The monoisotopic (exact) mass is 941 g/mol. The van der Waals surface area contributed by atoms with Gasteiger partial charge in [-0.2, -0.15) is 0 Å². The van der Waals surface area contributed by atoms with Gasteiger partial charge in [-0.1, -0.05) is 245 Å². The van der Waals surface area contributed by atoms with Gasteiger partial charge in [-0.05, 0) is 89.9 Å². The molecule has 0 aromatic heterocycles.